The molecule has 1 aromatic heterocycles. The molecule has 4 rings (SSSR count). The van der Waals surface area contributed by atoms with Crippen LogP contribution in [0, 0.1) is 0 Å². The number of pyridine rings is 1. The van der Waals surface area contributed by atoms with E-state index in [-0.39, 0.29) is 18.2 Å². The molecular weight excluding hydrogens is 424 g/mol. The monoisotopic (exact) mass is 446 g/mol. The molecule has 1 fully saturated rings. The highest BCUT2D eigenvalue weighted by Crippen LogP contribution is 2.29. The zero-order valence-corrected chi connectivity index (χ0v) is 18.3. The SMILES string of the molecule is COc1ccc(N2C(=O)C(CC(=O)Nc3ccccc3)N(Cc3ccccn3)C2=S)cc1. The maximum atomic E-state index is 13.4. The van der Waals surface area contributed by atoms with Crippen LogP contribution in [0.3, 0.4) is 0 Å². The van der Waals surface area contributed by atoms with Gasteiger partial charge in [-0.25, -0.2) is 0 Å². The van der Waals surface area contributed by atoms with Crippen molar-refractivity contribution in [2.45, 2.75) is 19.0 Å². The molecule has 1 aliphatic rings. The highest BCUT2D eigenvalue weighted by Gasteiger charge is 2.44. The van der Waals surface area contributed by atoms with Gasteiger partial charge >= 0.3 is 0 Å². The summed E-state index contributed by atoms with van der Waals surface area (Å²) in [5, 5.41) is 3.18. The summed E-state index contributed by atoms with van der Waals surface area (Å²) in [5.74, 6) is 0.162. The van der Waals surface area contributed by atoms with Crippen molar-refractivity contribution >= 4 is 40.5 Å². The van der Waals surface area contributed by atoms with Crippen molar-refractivity contribution in [3.8, 4) is 5.75 Å². The molecule has 2 aromatic carbocycles. The average molecular weight is 447 g/mol. The normalized spacial score (nSPS) is 15.7. The lowest BCUT2D eigenvalue weighted by molar-refractivity contribution is -0.124. The first-order chi connectivity index (χ1) is 15.6. The molecule has 0 aliphatic carbocycles. The fourth-order valence-corrected chi connectivity index (χ4v) is 3.95. The second kappa shape index (κ2) is 9.57. The molecular formula is C24H22N4O3S. The van der Waals surface area contributed by atoms with Gasteiger partial charge in [-0.05, 0) is 60.7 Å². The Kier molecular flexibility index (Phi) is 6.42. The number of thiocarbonyl (C=S) groups is 1. The van der Waals surface area contributed by atoms with Crippen LogP contribution in [0.2, 0.25) is 0 Å². The summed E-state index contributed by atoms with van der Waals surface area (Å²) >= 11 is 5.68. The lowest BCUT2D eigenvalue weighted by Crippen LogP contribution is -2.37. The largest absolute Gasteiger partial charge is 0.497 e. The molecule has 0 saturated carbocycles. The smallest absolute Gasteiger partial charge is 0.256 e. The Bertz CT molecular complexity index is 1110. The lowest BCUT2D eigenvalue weighted by Gasteiger charge is -2.23. The quantitative estimate of drug-likeness (QED) is 0.559. The summed E-state index contributed by atoms with van der Waals surface area (Å²) in [4.78, 5) is 33.8. The van der Waals surface area contributed by atoms with E-state index < -0.39 is 6.04 Å². The first-order valence-electron chi connectivity index (χ1n) is 10.1. The van der Waals surface area contributed by atoms with Crippen molar-refractivity contribution in [3.63, 3.8) is 0 Å². The van der Waals surface area contributed by atoms with Gasteiger partial charge in [-0.1, -0.05) is 24.3 Å². The van der Waals surface area contributed by atoms with Crippen LogP contribution in [0.4, 0.5) is 11.4 Å². The number of aromatic nitrogens is 1. The van der Waals surface area contributed by atoms with E-state index in [9.17, 15) is 9.59 Å². The third-order valence-electron chi connectivity index (χ3n) is 5.14. The third-order valence-corrected chi connectivity index (χ3v) is 5.56. The number of amides is 2. The van der Waals surface area contributed by atoms with Gasteiger partial charge in [0, 0.05) is 11.9 Å². The number of carbonyl (C=O) groups excluding carboxylic acids is 2. The maximum Gasteiger partial charge on any atom is 0.256 e. The van der Waals surface area contributed by atoms with E-state index in [2.05, 4.69) is 10.3 Å². The second-order valence-electron chi connectivity index (χ2n) is 7.24. The van der Waals surface area contributed by atoms with Gasteiger partial charge in [0.25, 0.3) is 5.91 Å². The summed E-state index contributed by atoms with van der Waals surface area (Å²) in [6, 6.07) is 21.1. The number of benzene rings is 2. The zero-order chi connectivity index (χ0) is 22.5. The molecule has 1 unspecified atom stereocenters. The Hall–Kier alpha value is -3.78. The van der Waals surface area contributed by atoms with E-state index in [0.29, 0.717) is 28.8 Å². The Morgan fingerprint density at radius 2 is 1.78 bits per heavy atom. The minimum absolute atomic E-state index is 0.0344. The van der Waals surface area contributed by atoms with Crippen molar-refractivity contribution in [2.75, 3.05) is 17.3 Å². The summed E-state index contributed by atoms with van der Waals surface area (Å²) in [6.45, 7) is 0.321. The molecule has 162 valence electrons. The zero-order valence-electron chi connectivity index (χ0n) is 17.5. The van der Waals surface area contributed by atoms with Crippen LogP contribution < -0.4 is 15.0 Å². The highest BCUT2D eigenvalue weighted by molar-refractivity contribution is 7.80. The molecule has 7 nitrogen and oxygen atoms in total. The number of rotatable bonds is 7. The number of methoxy groups -OCH3 is 1. The number of nitrogens with zero attached hydrogens (tertiary/aromatic N) is 3. The molecule has 1 atom stereocenters. The summed E-state index contributed by atoms with van der Waals surface area (Å²) in [7, 11) is 1.58. The molecule has 0 bridgehead atoms. The van der Waals surface area contributed by atoms with Gasteiger partial charge in [0.2, 0.25) is 5.91 Å². The minimum atomic E-state index is -0.740. The standard InChI is InChI=1S/C24H22N4O3S/c1-31-20-12-10-19(11-13-20)28-23(30)21(15-22(29)26-17-7-3-2-4-8-17)27(24(28)32)16-18-9-5-6-14-25-18/h2-14,21H,15-16H2,1H3,(H,26,29). The number of hydrogen-bond acceptors (Lipinski definition) is 5. The lowest BCUT2D eigenvalue weighted by atomic mass is 10.1. The van der Waals surface area contributed by atoms with E-state index in [1.807, 2.05) is 36.4 Å². The molecule has 1 aliphatic heterocycles. The second-order valence-corrected chi connectivity index (χ2v) is 7.60. The molecule has 32 heavy (non-hydrogen) atoms. The molecule has 1 saturated heterocycles. The van der Waals surface area contributed by atoms with Gasteiger partial charge in [-0.15, -0.1) is 0 Å². The number of anilines is 2. The molecule has 0 spiro atoms. The number of para-hydroxylation sites is 1. The van der Waals surface area contributed by atoms with Crippen LogP contribution in [0.15, 0.2) is 79.0 Å². The van der Waals surface area contributed by atoms with Crippen molar-refractivity contribution in [1.82, 2.24) is 9.88 Å². The molecule has 0 radical (unpaired) electrons. The van der Waals surface area contributed by atoms with Gasteiger partial charge in [0.15, 0.2) is 5.11 Å². The number of nitrogens with one attached hydrogen (secondary N) is 1. The van der Waals surface area contributed by atoms with Gasteiger partial charge in [-0.3, -0.25) is 19.5 Å². The van der Waals surface area contributed by atoms with Crippen molar-refractivity contribution in [2.24, 2.45) is 0 Å². The fraction of sp³-hybridized carbons (Fsp3) is 0.167. The topological polar surface area (TPSA) is 74.8 Å². The van der Waals surface area contributed by atoms with E-state index >= 15 is 0 Å². The summed E-state index contributed by atoms with van der Waals surface area (Å²) < 4.78 is 5.21. The molecule has 2 heterocycles. The predicted molar refractivity (Wildman–Crippen MR) is 126 cm³/mol. The fourth-order valence-electron chi connectivity index (χ4n) is 3.56. The Morgan fingerprint density at radius 3 is 2.44 bits per heavy atom. The Balaban J connectivity index is 1.60. The minimum Gasteiger partial charge on any atom is -0.497 e. The highest BCUT2D eigenvalue weighted by atomic mass is 32.1. The van der Waals surface area contributed by atoms with Crippen molar-refractivity contribution in [1.29, 1.82) is 0 Å². The van der Waals surface area contributed by atoms with Crippen LogP contribution in [-0.4, -0.2) is 40.0 Å². The van der Waals surface area contributed by atoms with Crippen molar-refractivity contribution in [3.05, 3.63) is 84.7 Å². The first-order valence-corrected chi connectivity index (χ1v) is 10.5. The van der Waals surface area contributed by atoms with E-state index in [0.717, 1.165) is 5.69 Å². The van der Waals surface area contributed by atoms with E-state index in [4.69, 9.17) is 17.0 Å². The van der Waals surface area contributed by atoms with Gasteiger partial charge in [0.05, 0.1) is 31.5 Å². The maximum absolute atomic E-state index is 13.4. The number of hydrogen-bond donors (Lipinski definition) is 1. The van der Waals surface area contributed by atoms with Crippen LogP contribution in [0.5, 0.6) is 5.75 Å². The van der Waals surface area contributed by atoms with Gasteiger partial charge in [-0.2, -0.15) is 0 Å². The van der Waals surface area contributed by atoms with E-state index in [1.54, 1.807) is 54.6 Å². The van der Waals surface area contributed by atoms with Crippen LogP contribution >= 0.6 is 12.2 Å². The molecule has 2 amide bonds. The number of ether oxygens (including phenoxy) is 1. The van der Waals surface area contributed by atoms with Crippen LogP contribution in [0.25, 0.3) is 0 Å². The van der Waals surface area contributed by atoms with Crippen LogP contribution in [-0.2, 0) is 16.1 Å². The van der Waals surface area contributed by atoms with Gasteiger partial charge in [0.1, 0.15) is 11.8 Å². The third kappa shape index (κ3) is 4.60. The predicted octanol–water partition coefficient (Wildman–Crippen LogP) is 3.62. The summed E-state index contributed by atoms with van der Waals surface area (Å²) in [5.41, 5.74) is 2.05. The molecule has 8 heteroatoms. The molecule has 3 aromatic rings. The Labute approximate surface area is 191 Å². The Morgan fingerprint density at radius 1 is 1.06 bits per heavy atom. The molecule has 1 N–H and O–H groups in total. The average Bonchev–Trinajstić information content (AvgIpc) is 3.04. The summed E-state index contributed by atoms with van der Waals surface area (Å²) in [6.07, 6.45) is 1.65. The van der Waals surface area contributed by atoms with Crippen molar-refractivity contribution < 1.29 is 14.3 Å². The first kappa shape index (κ1) is 21.5. The number of carbonyl (C=O) groups is 2. The van der Waals surface area contributed by atoms with E-state index in [1.165, 1.54) is 4.90 Å². The van der Waals surface area contributed by atoms with Gasteiger partial charge < -0.3 is 15.0 Å². The van der Waals surface area contributed by atoms with Crippen LogP contribution in [0.1, 0.15) is 12.1 Å².